The van der Waals surface area contributed by atoms with Crippen LogP contribution in [-0.2, 0) is 0 Å². The number of nitrogens with two attached hydrogens (primary N) is 1. The van der Waals surface area contributed by atoms with Gasteiger partial charge < -0.3 is 15.5 Å². The Kier molecular flexibility index (Phi) is 3.45. The van der Waals surface area contributed by atoms with Gasteiger partial charge in [-0.3, -0.25) is 4.79 Å². The van der Waals surface area contributed by atoms with Crippen molar-refractivity contribution < 1.29 is 4.79 Å². The zero-order chi connectivity index (χ0) is 13.3. The summed E-state index contributed by atoms with van der Waals surface area (Å²) in [6.45, 7) is 3.09. The number of carbonyl (C=O) groups is 1. The third-order valence-electron chi connectivity index (χ3n) is 3.32. The number of benzene rings is 1. The van der Waals surface area contributed by atoms with Crippen LogP contribution in [-0.4, -0.2) is 37.5 Å². The molecule has 4 nitrogen and oxygen atoms in total. The largest absolute Gasteiger partial charge is 0.397 e. The number of anilines is 2. The van der Waals surface area contributed by atoms with Crippen molar-refractivity contribution in [3.63, 3.8) is 0 Å². The molecule has 0 heterocycles. The molecule has 1 aromatic rings. The summed E-state index contributed by atoms with van der Waals surface area (Å²) in [5.74, 6) is -0.0114. The Morgan fingerprint density at radius 3 is 2.50 bits per heavy atom. The third kappa shape index (κ3) is 2.42. The van der Waals surface area contributed by atoms with E-state index < -0.39 is 0 Å². The highest BCUT2D eigenvalue weighted by Crippen LogP contribution is 2.34. The van der Waals surface area contributed by atoms with Gasteiger partial charge in [0, 0.05) is 32.2 Å². The summed E-state index contributed by atoms with van der Waals surface area (Å²) < 4.78 is 0. The van der Waals surface area contributed by atoms with Crippen molar-refractivity contribution in [1.82, 2.24) is 4.90 Å². The summed E-state index contributed by atoms with van der Waals surface area (Å²) >= 11 is 0. The maximum atomic E-state index is 11.9. The molecular formula is C14H21N3O. The molecule has 0 bridgehead atoms. The molecule has 0 spiro atoms. The van der Waals surface area contributed by atoms with Crippen LogP contribution in [0, 0.1) is 0 Å². The smallest absolute Gasteiger partial charge is 0.253 e. The van der Waals surface area contributed by atoms with Gasteiger partial charge in [0.05, 0.1) is 11.4 Å². The average Bonchev–Trinajstić information content (AvgIpc) is 3.15. The Morgan fingerprint density at radius 1 is 1.39 bits per heavy atom. The average molecular weight is 247 g/mol. The molecule has 0 aromatic heterocycles. The molecule has 1 aromatic carbocycles. The molecule has 0 saturated heterocycles. The van der Waals surface area contributed by atoms with Gasteiger partial charge in [0.2, 0.25) is 0 Å². The van der Waals surface area contributed by atoms with E-state index in [0.29, 0.717) is 17.3 Å². The maximum Gasteiger partial charge on any atom is 0.253 e. The van der Waals surface area contributed by atoms with Gasteiger partial charge in [0.1, 0.15) is 0 Å². The molecule has 0 unspecified atom stereocenters. The number of amides is 1. The lowest BCUT2D eigenvalue weighted by Gasteiger charge is -2.24. The van der Waals surface area contributed by atoms with Gasteiger partial charge in [-0.05, 0) is 38.0 Å². The molecule has 2 rings (SSSR count). The first-order valence-corrected chi connectivity index (χ1v) is 6.42. The summed E-state index contributed by atoms with van der Waals surface area (Å²) in [6.07, 6.45) is 2.48. The van der Waals surface area contributed by atoms with Crippen LogP contribution in [0.15, 0.2) is 18.2 Å². The van der Waals surface area contributed by atoms with E-state index in [2.05, 4.69) is 11.8 Å². The van der Waals surface area contributed by atoms with Crippen molar-refractivity contribution in [2.75, 3.05) is 31.3 Å². The predicted molar refractivity (Wildman–Crippen MR) is 74.9 cm³/mol. The highest BCUT2D eigenvalue weighted by Gasteiger charge is 2.29. The fraction of sp³-hybridized carbons (Fsp3) is 0.500. The number of rotatable bonds is 4. The molecule has 1 aliphatic carbocycles. The topological polar surface area (TPSA) is 49.6 Å². The molecule has 1 amide bonds. The van der Waals surface area contributed by atoms with E-state index in [1.165, 1.54) is 12.8 Å². The normalized spacial score (nSPS) is 14.4. The minimum Gasteiger partial charge on any atom is -0.397 e. The Hall–Kier alpha value is -1.71. The van der Waals surface area contributed by atoms with E-state index in [4.69, 9.17) is 5.73 Å². The van der Waals surface area contributed by atoms with Crippen molar-refractivity contribution in [1.29, 1.82) is 0 Å². The lowest BCUT2D eigenvalue weighted by molar-refractivity contribution is 0.0827. The number of nitrogen functional groups attached to an aromatic ring is 1. The second-order valence-corrected chi connectivity index (χ2v) is 4.99. The Bertz CT molecular complexity index is 452. The molecule has 2 N–H and O–H groups in total. The molecule has 1 fully saturated rings. The number of hydrogen-bond donors (Lipinski definition) is 1. The van der Waals surface area contributed by atoms with E-state index >= 15 is 0 Å². The van der Waals surface area contributed by atoms with E-state index in [9.17, 15) is 4.79 Å². The summed E-state index contributed by atoms with van der Waals surface area (Å²) in [5.41, 5.74) is 8.48. The van der Waals surface area contributed by atoms with Crippen LogP contribution < -0.4 is 10.6 Å². The van der Waals surface area contributed by atoms with Crippen LogP contribution in [0.1, 0.15) is 30.1 Å². The fourth-order valence-electron chi connectivity index (χ4n) is 2.22. The minimum atomic E-state index is -0.0114. The lowest BCUT2D eigenvalue weighted by Crippen LogP contribution is -2.26. The van der Waals surface area contributed by atoms with Crippen molar-refractivity contribution in [2.24, 2.45) is 0 Å². The third-order valence-corrected chi connectivity index (χ3v) is 3.32. The molecule has 1 saturated carbocycles. The van der Waals surface area contributed by atoms with E-state index in [1.54, 1.807) is 25.1 Å². The monoisotopic (exact) mass is 247 g/mol. The molecule has 1 aliphatic rings. The fourth-order valence-corrected chi connectivity index (χ4v) is 2.22. The standard InChI is InChI=1S/C14H21N3O/c1-4-17(11-6-7-11)13-8-5-10(9-12(13)15)14(18)16(2)3/h5,8-9,11H,4,6-7,15H2,1-3H3. The Morgan fingerprint density at radius 2 is 2.06 bits per heavy atom. The van der Waals surface area contributed by atoms with E-state index in [0.717, 1.165) is 12.2 Å². The Labute approximate surface area is 108 Å². The van der Waals surface area contributed by atoms with Crippen LogP contribution in [0.3, 0.4) is 0 Å². The van der Waals surface area contributed by atoms with Crippen LogP contribution in [0.25, 0.3) is 0 Å². The van der Waals surface area contributed by atoms with Gasteiger partial charge >= 0.3 is 0 Å². The van der Waals surface area contributed by atoms with Gasteiger partial charge in [-0.15, -0.1) is 0 Å². The molecule has 0 aliphatic heterocycles. The highest BCUT2D eigenvalue weighted by atomic mass is 16.2. The molecule has 4 heteroatoms. The molecule has 98 valence electrons. The minimum absolute atomic E-state index is 0.0114. The number of carbonyl (C=O) groups excluding carboxylic acids is 1. The first-order valence-electron chi connectivity index (χ1n) is 6.42. The van der Waals surface area contributed by atoms with Gasteiger partial charge in [0.15, 0.2) is 0 Å². The summed E-state index contributed by atoms with van der Waals surface area (Å²) in [5, 5.41) is 0. The van der Waals surface area contributed by atoms with Crippen molar-refractivity contribution in [2.45, 2.75) is 25.8 Å². The molecule has 18 heavy (non-hydrogen) atoms. The van der Waals surface area contributed by atoms with Gasteiger partial charge in [0.25, 0.3) is 5.91 Å². The highest BCUT2D eigenvalue weighted by molar-refractivity contribution is 5.95. The van der Waals surface area contributed by atoms with Gasteiger partial charge in [-0.2, -0.15) is 0 Å². The SMILES string of the molecule is CCN(c1ccc(C(=O)N(C)C)cc1N)C1CC1. The van der Waals surface area contributed by atoms with Crippen molar-refractivity contribution in [3.05, 3.63) is 23.8 Å². The molecule has 0 radical (unpaired) electrons. The summed E-state index contributed by atoms with van der Waals surface area (Å²) in [4.78, 5) is 15.7. The van der Waals surface area contributed by atoms with Crippen LogP contribution in [0.2, 0.25) is 0 Å². The second kappa shape index (κ2) is 4.88. The number of hydrogen-bond acceptors (Lipinski definition) is 3. The second-order valence-electron chi connectivity index (χ2n) is 4.99. The van der Waals surface area contributed by atoms with E-state index in [-0.39, 0.29) is 5.91 Å². The zero-order valence-corrected chi connectivity index (χ0v) is 11.3. The van der Waals surface area contributed by atoms with Gasteiger partial charge in [-0.1, -0.05) is 0 Å². The maximum absolute atomic E-state index is 11.9. The summed E-state index contributed by atoms with van der Waals surface area (Å²) in [6, 6.07) is 6.24. The predicted octanol–water partition coefficient (Wildman–Crippen LogP) is 1.96. The van der Waals surface area contributed by atoms with Gasteiger partial charge in [-0.25, -0.2) is 0 Å². The molecular weight excluding hydrogens is 226 g/mol. The van der Waals surface area contributed by atoms with Crippen molar-refractivity contribution >= 4 is 17.3 Å². The van der Waals surface area contributed by atoms with Crippen LogP contribution in [0.4, 0.5) is 11.4 Å². The zero-order valence-electron chi connectivity index (χ0n) is 11.3. The molecule has 0 atom stereocenters. The number of nitrogens with zero attached hydrogens (tertiary/aromatic N) is 2. The van der Waals surface area contributed by atoms with Crippen LogP contribution in [0.5, 0.6) is 0 Å². The Balaban J connectivity index is 2.26. The summed E-state index contributed by atoms with van der Waals surface area (Å²) in [7, 11) is 3.49. The first-order chi connectivity index (χ1) is 8.54. The first kappa shape index (κ1) is 12.7. The quantitative estimate of drug-likeness (QED) is 0.827. The van der Waals surface area contributed by atoms with Crippen molar-refractivity contribution in [3.8, 4) is 0 Å². The van der Waals surface area contributed by atoms with Crippen LogP contribution >= 0.6 is 0 Å². The lowest BCUT2D eigenvalue weighted by atomic mass is 10.1. The van der Waals surface area contributed by atoms with E-state index in [1.807, 2.05) is 12.1 Å².